The number of morpholine rings is 1. The number of carbonyl (C=O) groups excluding carboxylic acids is 1. The lowest BCUT2D eigenvalue weighted by molar-refractivity contribution is 0.0730. The number of nitrogens with zero attached hydrogens (tertiary/aromatic N) is 1. The standard InChI is InChI=1S/C18H21N3O5S/c22-18(20-11-14-9-13-3-1-2-4-17(13)26-14)16-10-15(12-19-16)27(23,24)21-5-7-25-8-6-21/h1-4,10,12,14,19H,5-9,11H2,(H,20,22). The highest BCUT2D eigenvalue weighted by Gasteiger charge is 2.28. The molecule has 0 bridgehead atoms. The average Bonchev–Trinajstić information content (AvgIpc) is 3.34. The van der Waals surface area contributed by atoms with Gasteiger partial charge in [0.25, 0.3) is 5.91 Å². The molecule has 2 aliphatic rings. The molecule has 2 N–H and O–H groups in total. The second-order valence-corrected chi connectivity index (χ2v) is 8.47. The van der Waals surface area contributed by atoms with Gasteiger partial charge in [0.2, 0.25) is 10.0 Å². The molecule has 0 aliphatic carbocycles. The number of hydrogen-bond donors (Lipinski definition) is 2. The van der Waals surface area contributed by atoms with Gasteiger partial charge in [-0.05, 0) is 17.7 Å². The third kappa shape index (κ3) is 3.71. The molecule has 4 rings (SSSR count). The van der Waals surface area contributed by atoms with Crippen LogP contribution in [0.1, 0.15) is 16.1 Å². The van der Waals surface area contributed by atoms with Crippen molar-refractivity contribution in [2.75, 3.05) is 32.8 Å². The summed E-state index contributed by atoms with van der Waals surface area (Å²) in [5.41, 5.74) is 1.33. The van der Waals surface area contributed by atoms with Crippen molar-refractivity contribution >= 4 is 15.9 Å². The van der Waals surface area contributed by atoms with E-state index in [2.05, 4.69) is 10.3 Å². The molecule has 0 saturated carbocycles. The van der Waals surface area contributed by atoms with Crippen molar-refractivity contribution < 1.29 is 22.7 Å². The second-order valence-electron chi connectivity index (χ2n) is 6.53. The summed E-state index contributed by atoms with van der Waals surface area (Å²) in [5, 5.41) is 2.80. The minimum absolute atomic E-state index is 0.0825. The Morgan fingerprint density at radius 2 is 2.04 bits per heavy atom. The minimum Gasteiger partial charge on any atom is -0.488 e. The van der Waals surface area contributed by atoms with Crippen LogP contribution in [-0.4, -0.2) is 62.6 Å². The van der Waals surface area contributed by atoms with Crippen molar-refractivity contribution in [1.29, 1.82) is 0 Å². The van der Waals surface area contributed by atoms with Crippen molar-refractivity contribution in [1.82, 2.24) is 14.6 Å². The van der Waals surface area contributed by atoms with Gasteiger partial charge in [0, 0.05) is 25.7 Å². The van der Waals surface area contributed by atoms with Crippen LogP contribution in [0.15, 0.2) is 41.4 Å². The number of rotatable bonds is 5. The Balaban J connectivity index is 1.36. The van der Waals surface area contributed by atoms with Crippen LogP contribution < -0.4 is 10.1 Å². The number of benzene rings is 1. The van der Waals surface area contributed by atoms with Gasteiger partial charge in [-0.1, -0.05) is 18.2 Å². The molecule has 0 radical (unpaired) electrons. The van der Waals surface area contributed by atoms with Crippen LogP contribution in [0.2, 0.25) is 0 Å². The quantitative estimate of drug-likeness (QED) is 0.784. The Morgan fingerprint density at radius 1 is 1.26 bits per heavy atom. The summed E-state index contributed by atoms with van der Waals surface area (Å²) in [5.74, 6) is 0.480. The maximum atomic E-state index is 12.6. The van der Waals surface area contributed by atoms with Gasteiger partial charge in [0.05, 0.1) is 19.8 Å². The van der Waals surface area contributed by atoms with E-state index in [1.807, 2.05) is 24.3 Å². The molecule has 1 unspecified atom stereocenters. The monoisotopic (exact) mass is 391 g/mol. The van der Waals surface area contributed by atoms with Gasteiger partial charge in [0.1, 0.15) is 22.4 Å². The molecule has 144 valence electrons. The van der Waals surface area contributed by atoms with Crippen molar-refractivity contribution in [3.63, 3.8) is 0 Å². The number of nitrogens with one attached hydrogen (secondary N) is 2. The van der Waals surface area contributed by atoms with Gasteiger partial charge in [-0.3, -0.25) is 4.79 Å². The zero-order valence-electron chi connectivity index (χ0n) is 14.7. The van der Waals surface area contributed by atoms with Crippen molar-refractivity contribution in [2.24, 2.45) is 0 Å². The number of aromatic nitrogens is 1. The van der Waals surface area contributed by atoms with E-state index in [1.54, 1.807) is 0 Å². The Labute approximate surface area is 157 Å². The molecule has 1 aromatic carbocycles. The van der Waals surface area contributed by atoms with Crippen LogP contribution in [0.3, 0.4) is 0 Å². The minimum atomic E-state index is -3.62. The van der Waals surface area contributed by atoms with Gasteiger partial charge >= 0.3 is 0 Å². The summed E-state index contributed by atoms with van der Waals surface area (Å²) >= 11 is 0. The molecular weight excluding hydrogens is 370 g/mol. The molecule has 27 heavy (non-hydrogen) atoms. The molecule has 1 fully saturated rings. The highest BCUT2D eigenvalue weighted by atomic mass is 32.2. The SMILES string of the molecule is O=C(NCC1Cc2ccccc2O1)c1cc(S(=O)(=O)N2CCOCC2)c[nH]1. The molecular formula is C18H21N3O5S. The molecule has 8 nitrogen and oxygen atoms in total. The molecule has 0 spiro atoms. The number of hydrogen-bond acceptors (Lipinski definition) is 5. The average molecular weight is 391 g/mol. The Bertz CT molecular complexity index is 909. The lowest BCUT2D eigenvalue weighted by Gasteiger charge is -2.25. The van der Waals surface area contributed by atoms with E-state index in [4.69, 9.17) is 9.47 Å². The summed E-state index contributed by atoms with van der Waals surface area (Å²) in [7, 11) is -3.62. The van der Waals surface area contributed by atoms with Gasteiger partial charge < -0.3 is 19.8 Å². The van der Waals surface area contributed by atoms with E-state index < -0.39 is 10.0 Å². The van der Waals surface area contributed by atoms with Crippen molar-refractivity contribution in [3.05, 3.63) is 47.8 Å². The first-order chi connectivity index (χ1) is 13.0. The first-order valence-electron chi connectivity index (χ1n) is 8.83. The Kier molecular flexibility index (Phi) is 4.90. The van der Waals surface area contributed by atoms with E-state index in [0.717, 1.165) is 17.7 Å². The van der Waals surface area contributed by atoms with E-state index >= 15 is 0 Å². The van der Waals surface area contributed by atoms with Crippen molar-refractivity contribution in [2.45, 2.75) is 17.4 Å². The third-order valence-electron chi connectivity index (χ3n) is 4.71. The number of amides is 1. The highest BCUT2D eigenvalue weighted by molar-refractivity contribution is 7.89. The Morgan fingerprint density at radius 3 is 2.81 bits per heavy atom. The summed E-state index contributed by atoms with van der Waals surface area (Å²) in [4.78, 5) is 15.2. The molecule has 2 aliphatic heterocycles. The molecule has 1 aromatic heterocycles. The maximum absolute atomic E-state index is 12.6. The van der Waals surface area contributed by atoms with E-state index in [9.17, 15) is 13.2 Å². The van der Waals surface area contributed by atoms with E-state index in [1.165, 1.54) is 16.6 Å². The number of aromatic amines is 1. The number of H-pyrrole nitrogens is 1. The Hall–Kier alpha value is -2.36. The second kappa shape index (κ2) is 7.34. The summed E-state index contributed by atoms with van der Waals surface area (Å²) in [6.45, 7) is 1.73. The third-order valence-corrected chi connectivity index (χ3v) is 6.59. The zero-order chi connectivity index (χ0) is 18.9. The smallest absolute Gasteiger partial charge is 0.267 e. The van der Waals surface area contributed by atoms with Crippen LogP contribution in [-0.2, 0) is 21.2 Å². The number of ether oxygens (including phenoxy) is 2. The number of para-hydroxylation sites is 1. The first-order valence-corrected chi connectivity index (χ1v) is 10.3. The van der Waals surface area contributed by atoms with Crippen LogP contribution in [0.25, 0.3) is 0 Å². The molecule has 1 amide bonds. The maximum Gasteiger partial charge on any atom is 0.267 e. The predicted molar refractivity (Wildman–Crippen MR) is 97.3 cm³/mol. The lowest BCUT2D eigenvalue weighted by atomic mass is 10.1. The first kappa shape index (κ1) is 18.0. The largest absolute Gasteiger partial charge is 0.488 e. The van der Waals surface area contributed by atoms with Gasteiger partial charge in [-0.15, -0.1) is 0 Å². The fourth-order valence-corrected chi connectivity index (χ4v) is 4.66. The highest BCUT2D eigenvalue weighted by Crippen LogP contribution is 2.27. The summed E-state index contributed by atoms with van der Waals surface area (Å²) in [6, 6.07) is 9.15. The normalized spacial score (nSPS) is 20.1. The topological polar surface area (TPSA) is 101 Å². The van der Waals surface area contributed by atoms with Crippen LogP contribution >= 0.6 is 0 Å². The van der Waals surface area contributed by atoms with Crippen molar-refractivity contribution in [3.8, 4) is 5.75 Å². The van der Waals surface area contributed by atoms with Crippen LogP contribution in [0.5, 0.6) is 5.75 Å². The van der Waals surface area contributed by atoms with Crippen LogP contribution in [0, 0.1) is 0 Å². The lowest BCUT2D eigenvalue weighted by Crippen LogP contribution is -2.40. The molecule has 1 saturated heterocycles. The van der Waals surface area contributed by atoms with Gasteiger partial charge in [-0.25, -0.2) is 8.42 Å². The van der Waals surface area contributed by atoms with Gasteiger partial charge in [-0.2, -0.15) is 4.31 Å². The number of fused-ring (bicyclic) bond motifs is 1. The molecule has 9 heteroatoms. The van der Waals surface area contributed by atoms with E-state index in [0.29, 0.717) is 32.8 Å². The van der Waals surface area contributed by atoms with Gasteiger partial charge in [0.15, 0.2) is 0 Å². The number of carbonyl (C=O) groups is 1. The summed E-state index contributed by atoms with van der Waals surface area (Å²) < 4.78 is 37.6. The molecule has 2 aromatic rings. The predicted octanol–water partition coefficient (Wildman–Crippen LogP) is 0.769. The molecule has 3 heterocycles. The molecule has 1 atom stereocenters. The fraction of sp³-hybridized carbons (Fsp3) is 0.389. The number of sulfonamides is 1. The summed E-state index contributed by atoms with van der Waals surface area (Å²) in [6.07, 6.45) is 1.96. The fourth-order valence-electron chi connectivity index (χ4n) is 3.26. The van der Waals surface area contributed by atoms with Crippen LogP contribution in [0.4, 0.5) is 0 Å². The zero-order valence-corrected chi connectivity index (χ0v) is 15.5. The van der Waals surface area contributed by atoms with E-state index in [-0.39, 0.29) is 22.6 Å².